The van der Waals surface area contributed by atoms with Gasteiger partial charge in [-0.3, -0.25) is 14.6 Å². The maximum Gasteiger partial charge on any atom is 0.416 e. The van der Waals surface area contributed by atoms with Crippen molar-refractivity contribution in [3.8, 4) is 0 Å². The molecular weight excluding hydrogens is 379 g/mol. The van der Waals surface area contributed by atoms with E-state index in [1.54, 1.807) is 12.1 Å². The van der Waals surface area contributed by atoms with Crippen molar-refractivity contribution in [1.82, 2.24) is 0 Å². The average Bonchev–Trinajstić information content (AvgIpc) is 2.99. The van der Waals surface area contributed by atoms with Crippen LogP contribution in [0.4, 0.5) is 13.2 Å². The van der Waals surface area contributed by atoms with Gasteiger partial charge in [-0.25, -0.2) is 0 Å². The molecule has 5 rings (SSSR count). The standard InChI is InChI=1S/C23H16F3NO2/c24-23(25,26)13-10-8-12(9-11-13)18-19-16(6-3-7-17(19)28)27-21-14-4-1-2-5-15(14)22(29)20(18)21/h1-2,4-5,8-11,18,20H,3,6-7H2/t18-,20?/m0/s1. The van der Waals surface area contributed by atoms with Gasteiger partial charge in [0.25, 0.3) is 0 Å². The first kappa shape index (κ1) is 18.0. The lowest BCUT2D eigenvalue weighted by Gasteiger charge is -2.33. The fourth-order valence-electron chi connectivity index (χ4n) is 4.69. The first-order valence-corrected chi connectivity index (χ1v) is 9.52. The summed E-state index contributed by atoms with van der Waals surface area (Å²) in [7, 11) is 0. The van der Waals surface area contributed by atoms with Gasteiger partial charge in [-0.1, -0.05) is 36.4 Å². The van der Waals surface area contributed by atoms with Gasteiger partial charge in [-0.2, -0.15) is 13.2 Å². The second kappa shape index (κ2) is 6.24. The van der Waals surface area contributed by atoms with Crippen LogP contribution < -0.4 is 0 Å². The lowest BCUT2D eigenvalue weighted by atomic mass is 9.71. The van der Waals surface area contributed by atoms with Crippen molar-refractivity contribution in [1.29, 1.82) is 0 Å². The fourth-order valence-corrected chi connectivity index (χ4v) is 4.69. The Labute approximate surface area is 165 Å². The molecule has 0 fully saturated rings. The van der Waals surface area contributed by atoms with Gasteiger partial charge >= 0.3 is 6.18 Å². The molecule has 0 bridgehead atoms. The highest BCUT2D eigenvalue weighted by Crippen LogP contribution is 2.48. The Bertz CT molecular complexity index is 1110. The Morgan fingerprint density at radius 2 is 1.55 bits per heavy atom. The number of alkyl halides is 3. The number of hydrogen-bond donors (Lipinski definition) is 0. The van der Waals surface area contributed by atoms with Crippen molar-refractivity contribution in [3.63, 3.8) is 0 Å². The second-order valence-electron chi connectivity index (χ2n) is 7.62. The van der Waals surface area contributed by atoms with E-state index in [-0.39, 0.29) is 11.6 Å². The number of hydrogen-bond acceptors (Lipinski definition) is 3. The molecule has 0 amide bonds. The number of halogens is 3. The van der Waals surface area contributed by atoms with E-state index in [1.165, 1.54) is 12.1 Å². The van der Waals surface area contributed by atoms with E-state index in [9.17, 15) is 22.8 Å². The molecule has 29 heavy (non-hydrogen) atoms. The van der Waals surface area contributed by atoms with E-state index in [2.05, 4.69) is 0 Å². The van der Waals surface area contributed by atoms with Gasteiger partial charge in [0.15, 0.2) is 11.6 Å². The zero-order valence-corrected chi connectivity index (χ0v) is 15.3. The number of benzene rings is 2. The number of carbonyl (C=O) groups is 2. The normalized spacial score (nSPS) is 23.5. The van der Waals surface area contributed by atoms with E-state index in [0.29, 0.717) is 47.4 Å². The predicted octanol–water partition coefficient (Wildman–Crippen LogP) is 5.11. The van der Waals surface area contributed by atoms with Gasteiger partial charge in [0.1, 0.15) is 0 Å². The van der Waals surface area contributed by atoms with Crippen molar-refractivity contribution < 1.29 is 22.8 Å². The number of fused-ring (bicyclic) bond motifs is 3. The molecule has 2 aliphatic carbocycles. The highest BCUT2D eigenvalue weighted by atomic mass is 19.4. The third kappa shape index (κ3) is 2.69. The fraction of sp³-hybridized carbons (Fsp3) is 0.261. The van der Waals surface area contributed by atoms with E-state index in [1.807, 2.05) is 12.1 Å². The maximum absolute atomic E-state index is 13.2. The van der Waals surface area contributed by atoms with Crippen molar-refractivity contribution in [2.75, 3.05) is 0 Å². The van der Waals surface area contributed by atoms with Crippen molar-refractivity contribution >= 4 is 17.3 Å². The van der Waals surface area contributed by atoms with Crippen LogP contribution >= 0.6 is 0 Å². The number of nitrogens with zero attached hydrogens (tertiary/aromatic N) is 1. The summed E-state index contributed by atoms with van der Waals surface area (Å²) in [6.45, 7) is 0. The molecule has 3 aliphatic rings. The molecule has 2 aromatic rings. The van der Waals surface area contributed by atoms with Gasteiger partial charge in [0.05, 0.1) is 17.2 Å². The van der Waals surface area contributed by atoms with Crippen LogP contribution in [0.3, 0.4) is 0 Å². The molecule has 0 spiro atoms. The van der Waals surface area contributed by atoms with Gasteiger partial charge in [0, 0.05) is 34.7 Å². The number of ketones is 2. The Kier molecular flexibility index (Phi) is 3.88. The molecular formula is C23H16F3NO2. The minimum absolute atomic E-state index is 0.0669. The SMILES string of the molecule is O=C1CCCC2=C1[C@H](c1ccc(C(F)(F)F)cc1)C1C(=O)c3ccccc3C1=N2. The third-order valence-electron chi connectivity index (χ3n) is 5.97. The molecule has 2 aromatic carbocycles. The zero-order valence-electron chi connectivity index (χ0n) is 15.3. The minimum Gasteiger partial charge on any atom is -0.294 e. The maximum atomic E-state index is 13.2. The molecule has 2 atom stereocenters. The summed E-state index contributed by atoms with van der Waals surface area (Å²) in [5.41, 5.74) is 2.89. The second-order valence-corrected chi connectivity index (χ2v) is 7.62. The third-order valence-corrected chi connectivity index (χ3v) is 5.97. The monoisotopic (exact) mass is 395 g/mol. The molecule has 0 radical (unpaired) electrons. The summed E-state index contributed by atoms with van der Waals surface area (Å²) in [6.07, 6.45) is -2.75. The summed E-state index contributed by atoms with van der Waals surface area (Å²) in [5.74, 6) is -1.48. The summed E-state index contributed by atoms with van der Waals surface area (Å²) in [6, 6.07) is 12.0. The van der Waals surface area contributed by atoms with Crippen LogP contribution in [0, 0.1) is 5.92 Å². The topological polar surface area (TPSA) is 46.5 Å². The summed E-state index contributed by atoms with van der Waals surface area (Å²) in [4.78, 5) is 30.7. The molecule has 3 nitrogen and oxygen atoms in total. The minimum atomic E-state index is -4.44. The van der Waals surface area contributed by atoms with Gasteiger partial charge < -0.3 is 0 Å². The number of aliphatic imine (C=N–C) groups is 1. The van der Waals surface area contributed by atoms with Crippen LogP contribution in [-0.4, -0.2) is 17.3 Å². The summed E-state index contributed by atoms with van der Waals surface area (Å²) in [5, 5.41) is 0. The van der Waals surface area contributed by atoms with Crippen molar-refractivity contribution in [2.45, 2.75) is 31.4 Å². The summed E-state index contributed by atoms with van der Waals surface area (Å²) < 4.78 is 39.0. The smallest absolute Gasteiger partial charge is 0.294 e. The molecule has 0 N–H and O–H groups in total. The Hall–Kier alpha value is -3.02. The summed E-state index contributed by atoms with van der Waals surface area (Å²) >= 11 is 0. The zero-order chi connectivity index (χ0) is 20.3. The lowest BCUT2D eigenvalue weighted by Crippen LogP contribution is -2.33. The molecule has 0 saturated carbocycles. The lowest BCUT2D eigenvalue weighted by molar-refractivity contribution is -0.137. The van der Waals surface area contributed by atoms with E-state index < -0.39 is 23.6 Å². The molecule has 0 saturated heterocycles. The molecule has 6 heteroatoms. The van der Waals surface area contributed by atoms with Crippen LogP contribution in [0.1, 0.15) is 52.2 Å². The molecule has 146 valence electrons. The van der Waals surface area contributed by atoms with E-state index in [4.69, 9.17) is 4.99 Å². The van der Waals surface area contributed by atoms with Crippen LogP contribution in [-0.2, 0) is 11.0 Å². The molecule has 1 unspecified atom stereocenters. The quantitative estimate of drug-likeness (QED) is 0.674. The van der Waals surface area contributed by atoms with Crippen LogP contribution in [0.2, 0.25) is 0 Å². The largest absolute Gasteiger partial charge is 0.416 e. The Balaban J connectivity index is 1.69. The predicted molar refractivity (Wildman–Crippen MR) is 101 cm³/mol. The average molecular weight is 395 g/mol. The highest BCUT2D eigenvalue weighted by Gasteiger charge is 2.48. The Morgan fingerprint density at radius 1 is 0.862 bits per heavy atom. The first-order valence-electron chi connectivity index (χ1n) is 9.52. The van der Waals surface area contributed by atoms with Crippen LogP contribution in [0.25, 0.3) is 0 Å². The molecule has 1 heterocycles. The molecule has 0 aromatic heterocycles. The number of rotatable bonds is 1. The van der Waals surface area contributed by atoms with Crippen LogP contribution in [0.15, 0.2) is 64.8 Å². The Morgan fingerprint density at radius 3 is 2.24 bits per heavy atom. The molecule has 1 aliphatic heterocycles. The van der Waals surface area contributed by atoms with Gasteiger partial charge in [-0.05, 0) is 30.5 Å². The van der Waals surface area contributed by atoms with Gasteiger partial charge in [0.2, 0.25) is 0 Å². The van der Waals surface area contributed by atoms with Crippen molar-refractivity contribution in [2.24, 2.45) is 10.9 Å². The highest BCUT2D eigenvalue weighted by molar-refractivity contribution is 6.30. The number of Topliss-reactive ketones (excluding diaryl/α,β-unsaturated/α-hetero) is 2. The van der Waals surface area contributed by atoms with E-state index in [0.717, 1.165) is 17.7 Å². The van der Waals surface area contributed by atoms with Crippen LogP contribution in [0.5, 0.6) is 0 Å². The van der Waals surface area contributed by atoms with Crippen molar-refractivity contribution in [3.05, 3.63) is 82.1 Å². The van der Waals surface area contributed by atoms with E-state index >= 15 is 0 Å². The number of allylic oxidation sites excluding steroid dienone is 2. The van der Waals surface area contributed by atoms with Gasteiger partial charge in [-0.15, -0.1) is 0 Å². The first-order chi connectivity index (χ1) is 13.9. The number of carbonyl (C=O) groups excluding carboxylic acids is 2.